The molecular weight excluding hydrogens is 277 g/mol. The molecule has 2 nitrogen and oxygen atoms in total. The van der Waals surface area contributed by atoms with Crippen LogP contribution >= 0.6 is 11.6 Å². The summed E-state index contributed by atoms with van der Waals surface area (Å²) in [5.41, 5.74) is -0.169. The van der Waals surface area contributed by atoms with Gasteiger partial charge < -0.3 is 9.80 Å². The molecule has 106 valence electrons. The number of hydrogen-bond donors (Lipinski definition) is 0. The fourth-order valence-electron chi connectivity index (χ4n) is 2.25. The number of halogens is 4. The second-order valence-corrected chi connectivity index (χ2v) is 4.99. The zero-order chi connectivity index (χ0) is 14.0. The molecule has 1 saturated heterocycles. The lowest BCUT2D eigenvalue weighted by molar-refractivity contribution is -0.137. The first-order chi connectivity index (χ1) is 8.91. The third-order valence-electron chi connectivity index (χ3n) is 3.44. The van der Waals surface area contributed by atoms with E-state index in [9.17, 15) is 13.2 Å². The van der Waals surface area contributed by atoms with Crippen LogP contribution in [0.1, 0.15) is 12.5 Å². The van der Waals surface area contributed by atoms with E-state index in [-0.39, 0.29) is 5.02 Å². The molecule has 0 amide bonds. The fourth-order valence-corrected chi connectivity index (χ4v) is 2.47. The van der Waals surface area contributed by atoms with Gasteiger partial charge in [0.15, 0.2) is 0 Å². The molecule has 1 fully saturated rings. The maximum absolute atomic E-state index is 12.8. The maximum atomic E-state index is 12.8. The molecule has 1 aromatic carbocycles. The molecule has 2 rings (SSSR count). The molecule has 1 aliphatic rings. The van der Waals surface area contributed by atoms with Gasteiger partial charge in [-0.15, -0.1) is 0 Å². The average molecular weight is 293 g/mol. The van der Waals surface area contributed by atoms with Gasteiger partial charge in [-0.05, 0) is 24.7 Å². The number of alkyl halides is 3. The van der Waals surface area contributed by atoms with E-state index in [1.54, 1.807) is 6.07 Å². The molecule has 0 saturated carbocycles. The molecule has 0 atom stereocenters. The lowest BCUT2D eigenvalue weighted by Gasteiger charge is -2.35. The van der Waals surface area contributed by atoms with Crippen molar-refractivity contribution in [3.05, 3.63) is 28.8 Å². The van der Waals surface area contributed by atoms with Crippen LogP contribution in [0, 0.1) is 0 Å². The molecule has 0 bridgehead atoms. The van der Waals surface area contributed by atoms with E-state index in [0.717, 1.165) is 38.8 Å². The molecular formula is C13H16ClF3N2. The van der Waals surface area contributed by atoms with Crippen LogP contribution in [0.5, 0.6) is 0 Å². The number of anilines is 1. The van der Waals surface area contributed by atoms with Crippen LogP contribution in [0.3, 0.4) is 0 Å². The highest BCUT2D eigenvalue weighted by Crippen LogP contribution is 2.37. The molecule has 0 radical (unpaired) electrons. The van der Waals surface area contributed by atoms with Gasteiger partial charge in [0.1, 0.15) is 0 Å². The van der Waals surface area contributed by atoms with Gasteiger partial charge >= 0.3 is 6.18 Å². The van der Waals surface area contributed by atoms with Crippen LogP contribution in [0.15, 0.2) is 18.2 Å². The Hall–Kier alpha value is -0.940. The molecule has 19 heavy (non-hydrogen) atoms. The maximum Gasteiger partial charge on any atom is 0.417 e. The van der Waals surface area contributed by atoms with Gasteiger partial charge in [0.05, 0.1) is 10.6 Å². The van der Waals surface area contributed by atoms with Crippen molar-refractivity contribution < 1.29 is 13.2 Å². The van der Waals surface area contributed by atoms with Crippen molar-refractivity contribution in [1.82, 2.24) is 4.90 Å². The zero-order valence-corrected chi connectivity index (χ0v) is 11.4. The van der Waals surface area contributed by atoms with E-state index < -0.39 is 11.7 Å². The van der Waals surface area contributed by atoms with E-state index >= 15 is 0 Å². The van der Waals surface area contributed by atoms with E-state index in [4.69, 9.17) is 11.6 Å². The van der Waals surface area contributed by atoms with E-state index in [0.29, 0.717) is 5.69 Å². The zero-order valence-electron chi connectivity index (χ0n) is 10.7. The number of piperazine rings is 1. The van der Waals surface area contributed by atoms with Crippen molar-refractivity contribution in [3.8, 4) is 0 Å². The smallest absolute Gasteiger partial charge is 0.369 e. The highest BCUT2D eigenvalue weighted by molar-refractivity contribution is 6.31. The van der Waals surface area contributed by atoms with Crippen molar-refractivity contribution in [3.63, 3.8) is 0 Å². The first kappa shape index (κ1) is 14.5. The molecule has 1 heterocycles. The fraction of sp³-hybridized carbons (Fsp3) is 0.538. The summed E-state index contributed by atoms with van der Waals surface area (Å²) in [6.45, 7) is 6.29. The Morgan fingerprint density at radius 2 is 1.79 bits per heavy atom. The van der Waals surface area contributed by atoms with Gasteiger partial charge in [0.25, 0.3) is 0 Å². The van der Waals surface area contributed by atoms with Crippen LogP contribution in [0.25, 0.3) is 0 Å². The Labute approximate surface area is 115 Å². The molecule has 0 aliphatic carbocycles. The van der Waals surface area contributed by atoms with Crippen molar-refractivity contribution in [2.75, 3.05) is 37.6 Å². The van der Waals surface area contributed by atoms with E-state index in [1.165, 1.54) is 6.07 Å². The van der Waals surface area contributed by atoms with Gasteiger partial charge in [-0.2, -0.15) is 13.2 Å². The second kappa shape index (κ2) is 5.59. The van der Waals surface area contributed by atoms with Crippen LogP contribution in [-0.4, -0.2) is 37.6 Å². The summed E-state index contributed by atoms with van der Waals surface area (Å²) >= 11 is 5.62. The predicted octanol–water partition coefficient (Wildman–Crippen LogP) is 3.50. The molecule has 1 aromatic rings. The first-order valence-corrected chi connectivity index (χ1v) is 6.63. The highest BCUT2D eigenvalue weighted by atomic mass is 35.5. The topological polar surface area (TPSA) is 6.48 Å². The monoisotopic (exact) mass is 292 g/mol. The lowest BCUT2D eigenvalue weighted by Crippen LogP contribution is -2.46. The van der Waals surface area contributed by atoms with Gasteiger partial charge in [-0.1, -0.05) is 18.5 Å². The Bertz CT molecular complexity index is 440. The summed E-state index contributed by atoms with van der Waals surface area (Å²) in [5.74, 6) is 0. The summed E-state index contributed by atoms with van der Waals surface area (Å²) in [4.78, 5) is 4.24. The number of hydrogen-bond acceptors (Lipinski definition) is 2. The summed E-state index contributed by atoms with van der Waals surface area (Å²) in [5, 5.41) is -0.247. The Kier molecular flexibility index (Phi) is 4.26. The Morgan fingerprint density at radius 1 is 1.16 bits per heavy atom. The average Bonchev–Trinajstić information content (AvgIpc) is 2.38. The van der Waals surface area contributed by atoms with Gasteiger partial charge in [-0.3, -0.25) is 0 Å². The van der Waals surface area contributed by atoms with Crippen molar-refractivity contribution in [1.29, 1.82) is 0 Å². The minimum atomic E-state index is -4.40. The van der Waals surface area contributed by atoms with Crippen molar-refractivity contribution >= 4 is 17.3 Å². The van der Waals surface area contributed by atoms with Crippen LogP contribution < -0.4 is 4.90 Å². The number of benzene rings is 1. The summed E-state index contributed by atoms with van der Waals surface area (Å²) < 4.78 is 38.4. The summed E-state index contributed by atoms with van der Waals surface area (Å²) in [6, 6.07) is 4.12. The number of likely N-dealkylation sites (N-methyl/N-ethyl adjacent to an activating group) is 1. The molecule has 6 heteroatoms. The third kappa shape index (κ3) is 3.34. The highest BCUT2D eigenvalue weighted by Gasteiger charge is 2.33. The Morgan fingerprint density at radius 3 is 2.32 bits per heavy atom. The van der Waals surface area contributed by atoms with Crippen LogP contribution in [0.4, 0.5) is 18.9 Å². The van der Waals surface area contributed by atoms with Crippen molar-refractivity contribution in [2.24, 2.45) is 0 Å². The number of rotatable bonds is 2. The summed E-state index contributed by atoms with van der Waals surface area (Å²) in [6.07, 6.45) is -4.40. The minimum Gasteiger partial charge on any atom is -0.369 e. The molecule has 0 aromatic heterocycles. The van der Waals surface area contributed by atoms with E-state index in [1.807, 2.05) is 4.90 Å². The Balaban J connectivity index is 2.18. The third-order valence-corrected chi connectivity index (χ3v) is 3.77. The van der Waals surface area contributed by atoms with E-state index in [2.05, 4.69) is 11.8 Å². The first-order valence-electron chi connectivity index (χ1n) is 6.26. The largest absolute Gasteiger partial charge is 0.417 e. The van der Waals surface area contributed by atoms with Crippen molar-refractivity contribution in [2.45, 2.75) is 13.1 Å². The molecule has 0 unspecified atom stereocenters. The second-order valence-electron chi connectivity index (χ2n) is 4.58. The minimum absolute atomic E-state index is 0.247. The summed E-state index contributed by atoms with van der Waals surface area (Å²) in [7, 11) is 0. The quantitative estimate of drug-likeness (QED) is 0.823. The predicted molar refractivity (Wildman–Crippen MR) is 70.8 cm³/mol. The van der Waals surface area contributed by atoms with Gasteiger partial charge in [0, 0.05) is 31.9 Å². The standard InChI is InChI=1S/C13H16ClF3N2/c1-2-18-5-7-19(8-6-18)10-3-4-12(14)11(9-10)13(15,16)17/h3-4,9H,2,5-8H2,1H3. The van der Waals surface area contributed by atoms with Crippen LogP contribution in [0.2, 0.25) is 5.02 Å². The lowest BCUT2D eigenvalue weighted by atomic mass is 10.1. The molecule has 1 aliphatic heterocycles. The number of nitrogens with zero attached hydrogens (tertiary/aromatic N) is 2. The molecule has 0 spiro atoms. The van der Waals surface area contributed by atoms with Crippen LogP contribution in [-0.2, 0) is 6.18 Å². The normalized spacial score (nSPS) is 17.8. The molecule has 0 N–H and O–H groups in total. The SMILES string of the molecule is CCN1CCN(c2ccc(Cl)c(C(F)(F)F)c2)CC1. The van der Waals surface area contributed by atoms with Gasteiger partial charge in [-0.25, -0.2) is 0 Å². The van der Waals surface area contributed by atoms with Gasteiger partial charge in [0.2, 0.25) is 0 Å².